The van der Waals surface area contributed by atoms with E-state index >= 15 is 0 Å². The Morgan fingerprint density at radius 3 is 2.29 bits per heavy atom. The van der Waals surface area contributed by atoms with Gasteiger partial charge in [0.25, 0.3) is 5.69 Å². The zero-order valence-corrected chi connectivity index (χ0v) is 20.1. The lowest BCUT2D eigenvalue weighted by Gasteiger charge is -2.39. The van der Waals surface area contributed by atoms with Crippen molar-refractivity contribution in [1.29, 1.82) is 5.26 Å². The number of nitrogens with zero attached hydrogens (tertiary/aromatic N) is 4. The van der Waals surface area contributed by atoms with Gasteiger partial charge in [0.05, 0.1) is 22.5 Å². The maximum absolute atomic E-state index is 13.1. The summed E-state index contributed by atoms with van der Waals surface area (Å²) in [4.78, 5) is 27.4. The van der Waals surface area contributed by atoms with Crippen molar-refractivity contribution in [2.24, 2.45) is 5.73 Å². The number of ketones is 1. The van der Waals surface area contributed by atoms with E-state index in [0.29, 0.717) is 36.1 Å². The van der Waals surface area contributed by atoms with E-state index in [1.807, 2.05) is 43.3 Å². The van der Waals surface area contributed by atoms with Crippen LogP contribution in [0.4, 0.5) is 17.1 Å². The molecule has 2 aliphatic rings. The smallest absolute Gasteiger partial charge is 0.269 e. The first-order valence-corrected chi connectivity index (χ1v) is 11.3. The second-order valence-electron chi connectivity index (χ2n) is 8.39. The quantitative estimate of drug-likeness (QED) is 0.501. The molecule has 1 aliphatic carbocycles. The Kier molecular flexibility index (Phi) is 7.89. The van der Waals surface area contributed by atoms with Gasteiger partial charge in [0.2, 0.25) is 0 Å². The molecule has 0 fully saturated rings. The molecule has 0 aromatic heterocycles. The van der Waals surface area contributed by atoms with Crippen molar-refractivity contribution in [3.05, 3.63) is 86.9 Å². The zero-order chi connectivity index (χ0) is 25.7. The molecule has 0 radical (unpaired) electrons. The van der Waals surface area contributed by atoms with E-state index in [-0.39, 0.29) is 23.9 Å². The number of non-ortho nitro benzene ring substituents is 1. The number of nitriles is 1. The highest BCUT2D eigenvalue weighted by Gasteiger charge is 2.40. The molecule has 0 bridgehead atoms. The number of nitro benzene ring substituents is 1. The maximum Gasteiger partial charge on any atom is 0.269 e. The monoisotopic (exact) mass is 475 g/mol. The van der Waals surface area contributed by atoms with Crippen LogP contribution < -0.4 is 15.5 Å². The number of benzene rings is 2. The first-order chi connectivity index (χ1) is 16.7. The third kappa shape index (κ3) is 5.03. The van der Waals surface area contributed by atoms with Gasteiger partial charge in [-0.3, -0.25) is 19.8 Å². The van der Waals surface area contributed by atoms with Crippen LogP contribution >= 0.6 is 0 Å². The highest BCUT2D eigenvalue weighted by Crippen LogP contribution is 2.46. The Morgan fingerprint density at radius 1 is 1.17 bits per heavy atom. The van der Waals surface area contributed by atoms with Crippen molar-refractivity contribution >= 4 is 22.8 Å². The number of nitro groups is 1. The van der Waals surface area contributed by atoms with Crippen molar-refractivity contribution in [2.45, 2.75) is 32.1 Å². The van der Waals surface area contributed by atoms with Crippen LogP contribution in [0.5, 0.6) is 0 Å². The number of hydrogen-bond acceptors (Lipinski definition) is 8. The summed E-state index contributed by atoms with van der Waals surface area (Å²) in [6.07, 6.45) is 1.73. The van der Waals surface area contributed by atoms with Crippen molar-refractivity contribution in [1.82, 2.24) is 0 Å². The number of carbonyl (C=O) groups excluding carboxylic acids is 1. The number of aliphatic hydroxyl groups excluding tert-OH is 1. The predicted molar refractivity (Wildman–Crippen MR) is 135 cm³/mol. The fraction of sp³-hybridized carbons (Fsp3) is 0.308. The molecule has 0 amide bonds. The predicted octanol–water partition coefficient (Wildman–Crippen LogP) is 3.96. The van der Waals surface area contributed by atoms with Gasteiger partial charge in [-0.2, -0.15) is 5.26 Å². The Hall–Kier alpha value is -4.16. The van der Waals surface area contributed by atoms with Crippen LogP contribution in [0.3, 0.4) is 0 Å². The lowest BCUT2D eigenvalue weighted by atomic mass is 9.75. The van der Waals surface area contributed by atoms with Crippen LogP contribution in [0.15, 0.2) is 71.2 Å². The average Bonchev–Trinajstić information content (AvgIpc) is 2.84. The van der Waals surface area contributed by atoms with Crippen molar-refractivity contribution in [3.8, 4) is 6.07 Å². The zero-order valence-electron chi connectivity index (χ0n) is 20.1. The fourth-order valence-corrected chi connectivity index (χ4v) is 4.40. The van der Waals surface area contributed by atoms with Crippen LogP contribution in [0.1, 0.15) is 37.7 Å². The molecule has 9 nitrogen and oxygen atoms in total. The molecule has 2 aromatic carbocycles. The highest BCUT2D eigenvalue weighted by molar-refractivity contribution is 6.01. The summed E-state index contributed by atoms with van der Waals surface area (Å²) in [6.45, 7) is 1.93. The first-order valence-electron chi connectivity index (χ1n) is 11.3. The first kappa shape index (κ1) is 25.5. The van der Waals surface area contributed by atoms with E-state index < -0.39 is 10.8 Å². The second kappa shape index (κ2) is 10.8. The molecule has 9 heteroatoms. The molecule has 0 saturated heterocycles. The van der Waals surface area contributed by atoms with Gasteiger partial charge >= 0.3 is 0 Å². The number of Topliss-reactive ketones (excluding diaryl/α,β-unsaturated/α-hetero) is 1. The molecule has 182 valence electrons. The number of anilines is 2. The summed E-state index contributed by atoms with van der Waals surface area (Å²) in [5.41, 5.74) is 10.5. The van der Waals surface area contributed by atoms with E-state index in [9.17, 15) is 20.2 Å². The minimum Gasteiger partial charge on any atom is -0.397 e. The SMILES string of the molecule is CCO.CN(C)c1ccc(C2C(C#N)=C(N)N(c3ccc([N+](=O)[O-])cc3)C3=C2C(=O)CCC3)cc1. The normalized spacial score (nSPS) is 17.3. The Bertz CT molecular complexity index is 1210. The van der Waals surface area contributed by atoms with Crippen molar-refractivity contribution in [2.75, 3.05) is 30.5 Å². The van der Waals surface area contributed by atoms with E-state index in [4.69, 9.17) is 10.8 Å². The molecule has 3 N–H and O–H groups in total. The molecule has 1 atom stereocenters. The summed E-state index contributed by atoms with van der Waals surface area (Å²) in [6, 6.07) is 16.0. The number of aliphatic hydroxyl groups is 1. The van der Waals surface area contributed by atoms with Gasteiger partial charge in [0.1, 0.15) is 5.82 Å². The van der Waals surface area contributed by atoms with Gasteiger partial charge in [-0.1, -0.05) is 12.1 Å². The summed E-state index contributed by atoms with van der Waals surface area (Å²) >= 11 is 0. The largest absolute Gasteiger partial charge is 0.397 e. The molecule has 2 aromatic rings. The van der Waals surface area contributed by atoms with Crippen LogP contribution in [-0.4, -0.2) is 36.5 Å². The van der Waals surface area contributed by atoms with E-state index in [1.54, 1.807) is 24.0 Å². The third-order valence-electron chi connectivity index (χ3n) is 5.97. The van der Waals surface area contributed by atoms with E-state index in [2.05, 4.69) is 6.07 Å². The van der Waals surface area contributed by atoms with Crippen LogP contribution in [-0.2, 0) is 4.79 Å². The van der Waals surface area contributed by atoms with Gasteiger partial charge in [-0.25, -0.2) is 0 Å². The lowest BCUT2D eigenvalue weighted by Crippen LogP contribution is -2.38. The van der Waals surface area contributed by atoms with Crippen molar-refractivity contribution < 1.29 is 14.8 Å². The molecule has 4 rings (SSSR count). The number of nitrogens with two attached hydrogens (primary N) is 1. The summed E-state index contributed by atoms with van der Waals surface area (Å²) < 4.78 is 0. The lowest BCUT2D eigenvalue weighted by molar-refractivity contribution is -0.384. The van der Waals surface area contributed by atoms with Crippen LogP contribution in [0, 0.1) is 21.4 Å². The fourth-order valence-electron chi connectivity index (χ4n) is 4.40. The van der Waals surface area contributed by atoms with E-state index in [1.165, 1.54) is 12.1 Å². The number of hydrogen-bond donors (Lipinski definition) is 2. The average molecular weight is 476 g/mol. The standard InChI is InChI=1S/C24H23N5O3.C2H6O/c1-27(2)16-8-6-15(7-9-16)22-19(14-25)24(26)28(20-4-3-5-21(30)23(20)22)17-10-12-18(13-11-17)29(31)32;1-2-3/h6-13,22H,3-5,26H2,1-2H3;3H,2H2,1H3. The molecular weight excluding hydrogens is 446 g/mol. The number of allylic oxidation sites excluding steroid dienone is 3. The van der Waals surface area contributed by atoms with Crippen LogP contribution in [0.2, 0.25) is 0 Å². The van der Waals surface area contributed by atoms with Crippen LogP contribution in [0.25, 0.3) is 0 Å². The molecule has 1 aliphatic heterocycles. The molecule has 0 saturated carbocycles. The molecule has 1 unspecified atom stereocenters. The Labute approximate surface area is 204 Å². The number of carbonyl (C=O) groups is 1. The summed E-state index contributed by atoms with van der Waals surface area (Å²) in [7, 11) is 3.89. The van der Waals surface area contributed by atoms with E-state index in [0.717, 1.165) is 16.9 Å². The topological polar surface area (TPSA) is 137 Å². The summed E-state index contributed by atoms with van der Waals surface area (Å²) in [5, 5.41) is 28.7. The maximum atomic E-state index is 13.1. The minimum absolute atomic E-state index is 0.0000905. The van der Waals surface area contributed by atoms with Gasteiger partial charge in [-0.15, -0.1) is 0 Å². The van der Waals surface area contributed by atoms with Gasteiger partial charge in [0.15, 0.2) is 5.78 Å². The minimum atomic E-state index is -0.534. The second-order valence-corrected chi connectivity index (χ2v) is 8.39. The molecular formula is C26H29N5O4. The van der Waals surface area contributed by atoms with Crippen molar-refractivity contribution in [3.63, 3.8) is 0 Å². The van der Waals surface area contributed by atoms with Gasteiger partial charge < -0.3 is 15.7 Å². The third-order valence-corrected chi connectivity index (χ3v) is 5.97. The summed E-state index contributed by atoms with van der Waals surface area (Å²) in [5.74, 6) is -0.287. The van der Waals surface area contributed by atoms with Gasteiger partial charge in [-0.05, 0) is 49.6 Å². The Balaban J connectivity index is 0.00000108. The molecule has 35 heavy (non-hydrogen) atoms. The Morgan fingerprint density at radius 2 is 1.77 bits per heavy atom. The molecule has 0 spiro atoms. The highest BCUT2D eigenvalue weighted by atomic mass is 16.6. The number of rotatable bonds is 4. The van der Waals surface area contributed by atoms with Gasteiger partial charge in [0, 0.05) is 61.9 Å². The molecule has 1 heterocycles.